The molecule has 2 aliphatic heterocycles. The standard InChI is InChI=1S/C14H16N4O2/c1-8(2)9-13(5-15,6-16)14(7-17)10(18)20-11(19-9)12(14,3)4/h8-9,11,18H,1-4H3/t9-,11-,14+/m0/s1. The summed E-state index contributed by atoms with van der Waals surface area (Å²) in [6.07, 6.45) is -1.57. The lowest BCUT2D eigenvalue weighted by atomic mass is 9.49. The average Bonchev–Trinajstić information content (AvgIpc) is 2.52. The summed E-state index contributed by atoms with van der Waals surface area (Å²) in [6.45, 7) is 7.03. The van der Waals surface area contributed by atoms with Crippen molar-refractivity contribution in [2.45, 2.75) is 40.1 Å². The van der Waals surface area contributed by atoms with Gasteiger partial charge in [-0.2, -0.15) is 15.8 Å². The van der Waals surface area contributed by atoms with Crippen LogP contribution in [0.15, 0.2) is 0 Å². The number of hydrogen-bond acceptors (Lipinski definition) is 6. The molecule has 2 bridgehead atoms. The van der Waals surface area contributed by atoms with Crippen LogP contribution in [-0.2, 0) is 9.47 Å². The summed E-state index contributed by atoms with van der Waals surface area (Å²) in [4.78, 5) is 0. The van der Waals surface area contributed by atoms with Crippen LogP contribution >= 0.6 is 0 Å². The molecule has 0 unspecified atom stereocenters. The summed E-state index contributed by atoms with van der Waals surface area (Å²) in [5.74, 6) is -0.503. The third-order valence-electron chi connectivity index (χ3n) is 4.54. The van der Waals surface area contributed by atoms with Gasteiger partial charge in [-0.05, 0) is 5.92 Å². The van der Waals surface area contributed by atoms with Crippen molar-refractivity contribution in [3.8, 4) is 18.2 Å². The van der Waals surface area contributed by atoms with E-state index in [-0.39, 0.29) is 11.8 Å². The van der Waals surface area contributed by atoms with E-state index >= 15 is 0 Å². The topological polar surface area (TPSA) is 114 Å². The molecule has 0 aromatic carbocycles. The number of nitrogens with one attached hydrogen (secondary N) is 1. The van der Waals surface area contributed by atoms with E-state index in [0.29, 0.717) is 0 Å². The van der Waals surface area contributed by atoms with Crippen molar-refractivity contribution in [2.75, 3.05) is 0 Å². The summed E-state index contributed by atoms with van der Waals surface area (Å²) in [5.41, 5.74) is -4.33. The van der Waals surface area contributed by atoms with Crippen LogP contribution in [-0.4, -0.2) is 18.3 Å². The largest absolute Gasteiger partial charge is 0.450 e. The number of nitrogens with zero attached hydrogens (tertiary/aromatic N) is 3. The Morgan fingerprint density at radius 1 is 1.15 bits per heavy atom. The molecule has 0 aliphatic carbocycles. The van der Waals surface area contributed by atoms with Gasteiger partial charge in [0, 0.05) is 0 Å². The zero-order chi connectivity index (χ0) is 15.3. The smallest absolute Gasteiger partial charge is 0.209 e. The van der Waals surface area contributed by atoms with Crippen LogP contribution in [0.5, 0.6) is 0 Å². The molecule has 2 aliphatic rings. The number of nitriles is 3. The first-order chi connectivity index (χ1) is 9.25. The Morgan fingerprint density at radius 2 is 1.70 bits per heavy atom. The van der Waals surface area contributed by atoms with Gasteiger partial charge in [0.25, 0.3) is 0 Å². The number of ether oxygens (including phenoxy) is 2. The second kappa shape index (κ2) is 3.95. The molecule has 104 valence electrons. The molecule has 20 heavy (non-hydrogen) atoms. The van der Waals surface area contributed by atoms with E-state index in [9.17, 15) is 15.8 Å². The summed E-state index contributed by atoms with van der Waals surface area (Å²) < 4.78 is 11.2. The highest BCUT2D eigenvalue weighted by Crippen LogP contribution is 2.65. The molecule has 0 aromatic rings. The Kier molecular flexibility index (Phi) is 2.82. The first kappa shape index (κ1) is 14.3. The summed E-state index contributed by atoms with van der Waals surface area (Å²) in [6, 6.07) is 6.00. The Morgan fingerprint density at radius 3 is 2.10 bits per heavy atom. The fourth-order valence-corrected chi connectivity index (χ4v) is 3.41. The van der Waals surface area contributed by atoms with Gasteiger partial charge >= 0.3 is 0 Å². The third kappa shape index (κ3) is 1.17. The van der Waals surface area contributed by atoms with Crippen LogP contribution in [0.1, 0.15) is 27.7 Å². The highest BCUT2D eigenvalue weighted by molar-refractivity contribution is 5.89. The summed E-state index contributed by atoms with van der Waals surface area (Å²) in [7, 11) is 0. The maximum absolute atomic E-state index is 9.74. The van der Waals surface area contributed by atoms with Gasteiger partial charge in [0.1, 0.15) is 0 Å². The normalized spacial score (nSPS) is 36.6. The molecule has 0 amide bonds. The van der Waals surface area contributed by atoms with Crippen LogP contribution in [0, 0.1) is 61.6 Å². The van der Waals surface area contributed by atoms with Crippen molar-refractivity contribution in [1.29, 1.82) is 21.2 Å². The highest BCUT2D eigenvalue weighted by Gasteiger charge is 2.79. The van der Waals surface area contributed by atoms with Crippen LogP contribution in [0.4, 0.5) is 0 Å². The Bertz CT molecular complexity index is 576. The van der Waals surface area contributed by atoms with Gasteiger partial charge in [-0.15, -0.1) is 0 Å². The predicted molar refractivity (Wildman–Crippen MR) is 67.8 cm³/mol. The van der Waals surface area contributed by atoms with Crippen molar-refractivity contribution < 1.29 is 9.47 Å². The van der Waals surface area contributed by atoms with E-state index in [4.69, 9.17) is 14.9 Å². The molecule has 0 spiro atoms. The van der Waals surface area contributed by atoms with Gasteiger partial charge in [-0.3, -0.25) is 5.41 Å². The minimum absolute atomic E-state index is 0.157. The molecule has 6 nitrogen and oxygen atoms in total. The minimum atomic E-state index is -1.76. The monoisotopic (exact) mass is 272 g/mol. The second-order valence-corrected chi connectivity index (χ2v) is 6.19. The molecule has 6 heteroatoms. The maximum atomic E-state index is 9.74. The van der Waals surface area contributed by atoms with Gasteiger partial charge in [-0.25, -0.2) is 0 Å². The molecule has 3 atom stereocenters. The molecular formula is C14H16N4O2. The van der Waals surface area contributed by atoms with Gasteiger partial charge in [0.15, 0.2) is 10.8 Å². The zero-order valence-electron chi connectivity index (χ0n) is 11.9. The highest BCUT2D eigenvalue weighted by atomic mass is 16.7. The second-order valence-electron chi connectivity index (χ2n) is 6.19. The molecule has 2 saturated heterocycles. The lowest BCUT2D eigenvalue weighted by molar-refractivity contribution is -0.241. The van der Waals surface area contributed by atoms with Crippen LogP contribution in [0.25, 0.3) is 0 Å². The van der Waals surface area contributed by atoms with Crippen molar-refractivity contribution in [3.63, 3.8) is 0 Å². The van der Waals surface area contributed by atoms with Crippen LogP contribution in [0.3, 0.4) is 0 Å². The lowest BCUT2D eigenvalue weighted by Gasteiger charge is -2.50. The van der Waals surface area contributed by atoms with E-state index in [0.717, 1.165) is 0 Å². The lowest BCUT2D eigenvalue weighted by Crippen LogP contribution is -2.63. The predicted octanol–water partition coefficient (Wildman–Crippen LogP) is 1.94. The zero-order valence-corrected chi connectivity index (χ0v) is 11.9. The van der Waals surface area contributed by atoms with Crippen molar-refractivity contribution in [3.05, 3.63) is 0 Å². The van der Waals surface area contributed by atoms with Gasteiger partial charge in [0.05, 0.1) is 29.7 Å². The fourth-order valence-electron chi connectivity index (χ4n) is 3.41. The molecule has 0 radical (unpaired) electrons. The molecule has 2 fully saturated rings. The van der Waals surface area contributed by atoms with E-state index in [1.54, 1.807) is 13.8 Å². The SMILES string of the molecule is CC(C)[C@@H]1O[C@H]2OC(=N)[C@](C#N)(C2(C)C)C1(C#N)C#N. The Balaban J connectivity index is 2.84. The van der Waals surface area contributed by atoms with Crippen molar-refractivity contribution in [1.82, 2.24) is 0 Å². The van der Waals surface area contributed by atoms with E-state index in [1.807, 2.05) is 26.0 Å². The molecule has 0 aromatic heterocycles. The summed E-state index contributed by atoms with van der Waals surface area (Å²) in [5, 5.41) is 37.1. The quantitative estimate of drug-likeness (QED) is 0.783. The average molecular weight is 272 g/mol. The maximum Gasteiger partial charge on any atom is 0.209 e. The van der Waals surface area contributed by atoms with E-state index in [2.05, 4.69) is 6.07 Å². The third-order valence-corrected chi connectivity index (χ3v) is 4.54. The molecule has 2 rings (SSSR count). The first-order valence-electron chi connectivity index (χ1n) is 6.40. The van der Waals surface area contributed by atoms with Gasteiger partial charge in [-0.1, -0.05) is 27.7 Å². The molecule has 1 N–H and O–H groups in total. The fraction of sp³-hybridized carbons (Fsp3) is 0.714. The minimum Gasteiger partial charge on any atom is -0.450 e. The van der Waals surface area contributed by atoms with Crippen LogP contribution < -0.4 is 0 Å². The summed E-state index contributed by atoms with van der Waals surface area (Å²) >= 11 is 0. The van der Waals surface area contributed by atoms with E-state index < -0.39 is 28.6 Å². The number of fused-ring (bicyclic) bond motifs is 2. The van der Waals surface area contributed by atoms with Crippen molar-refractivity contribution >= 4 is 5.90 Å². The number of hydrogen-bond donors (Lipinski definition) is 1. The molecule has 2 heterocycles. The molecule has 0 saturated carbocycles. The Labute approximate surface area is 118 Å². The number of rotatable bonds is 1. The molecular weight excluding hydrogens is 256 g/mol. The van der Waals surface area contributed by atoms with Crippen molar-refractivity contribution in [2.24, 2.45) is 22.2 Å². The van der Waals surface area contributed by atoms with Gasteiger partial charge in [0.2, 0.25) is 12.2 Å². The first-order valence-corrected chi connectivity index (χ1v) is 6.40. The van der Waals surface area contributed by atoms with E-state index in [1.165, 1.54) is 0 Å². The Hall–Kier alpha value is -2.10. The van der Waals surface area contributed by atoms with Crippen LogP contribution in [0.2, 0.25) is 0 Å². The van der Waals surface area contributed by atoms with Gasteiger partial charge < -0.3 is 9.47 Å².